The van der Waals surface area contributed by atoms with Crippen LogP contribution < -0.4 is 0 Å². The number of hydrogen-bond donors (Lipinski definition) is 1. The molecule has 5 nitrogen and oxygen atoms in total. The molecule has 0 saturated heterocycles. The Morgan fingerprint density at radius 3 is 2.44 bits per heavy atom. The Bertz CT molecular complexity index is 362. The third kappa shape index (κ3) is 4.89. The van der Waals surface area contributed by atoms with E-state index in [1.807, 2.05) is 0 Å². The predicted molar refractivity (Wildman–Crippen MR) is 63.5 cm³/mol. The predicted octanol–water partition coefficient (Wildman–Crippen LogP) is 1.73. The van der Waals surface area contributed by atoms with E-state index < -0.39 is 22.0 Å². The molecule has 0 bridgehead atoms. The van der Waals surface area contributed by atoms with Crippen molar-refractivity contribution in [2.45, 2.75) is 43.8 Å². The van der Waals surface area contributed by atoms with Gasteiger partial charge in [0.1, 0.15) is 11.9 Å². The molecule has 0 amide bonds. The van der Waals surface area contributed by atoms with Crippen molar-refractivity contribution in [2.75, 3.05) is 13.3 Å². The van der Waals surface area contributed by atoms with Crippen molar-refractivity contribution in [3.63, 3.8) is 0 Å². The van der Waals surface area contributed by atoms with Gasteiger partial charge < -0.3 is 4.74 Å². The molecule has 1 fully saturated rings. The van der Waals surface area contributed by atoms with Crippen molar-refractivity contribution in [1.82, 2.24) is 0 Å². The first kappa shape index (κ1) is 15.4. The average molecular weight is 282 g/mol. The fourth-order valence-corrected chi connectivity index (χ4v) is 2.61. The maximum Gasteiger partial charge on any atom is 0.308 e. The molecular weight excluding hydrogens is 263 g/mol. The second-order valence-electron chi connectivity index (χ2n) is 4.58. The first-order chi connectivity index (χ1) is 8.45. The fourth-order valence-electron chi connectivity index (χ4n) is 2.05. The minimum atomic E-state index is -4.40. The molecule has 106 valence electrons. The molecule has 0 spiro atoms. The van der Waals surface area contributed by atoms with Crippen molar-refractivity contribution in [1.29, 1.82) is 0 Å². The monoisotopic (exact) mass is 282 g/mol. The maximum atomic E-state index is 12.4. The lowest BCUT2D eigenvalue weighted by molar-refractivity contribution is -0.149. The zero-order valence-corrected chi connectivity index (χ0v) is 11.0. The normalized spacial score (nSPS) is 19.4. The third-order valence-electron chi connectivity index (χ3n) is 3.22. The van der Waals surface area contributed by atoms with E-state index in [0.717, 1.165) is 32.1 Å². The Kier molecular flexibility index (Phi) is 6.01. The van der Waals surface area contributed by atoms with E-state index in [1.165, 1.54) is 0 Å². The molecule has 1 atom stereocenters. The van der Waals surface area contributed by atoms with E-state index in [0.29, 0.717) is 0 Å². The van der Waals surface area contributed by atoms with Crippen LogP contribution in [0.5, 0.6) is 0 Å². The van der Waals surface area contributed by atoms with Crippen LogP contribution in [0, 0.1) is 5.92 Å². The first-order valence-corrected chi connectivity index (χ1v) is 7.64. The highest BCUT2D eigenvalue weighted by Crippen LogP contribution is 2.24. The van der Waals surface area contributed by atoms with E-state index in [1.54, 1.807) is 0 Å². The van der Waals surface area contributed by atoms with Gasteiger partial charge in [0.2, 0.25) is 0 Å². The Morgan fingerprint density at radius 1 is 1.33 bits per heavy atom. The van der Waals surface area contributed by atoms with Crippen LogP contribution in [0.4, 0.5) is 4.39 Å². The number of alkyl halides is 1. The van der Waals surface area contributed by atoms with Crippen molar-refractivity contribution >= 4 is 16.1 Å². The highest BCUT2D eigenvalue weighted by atomic mass is 32.2. The number of carbonyl (C=O) groups is 1. The Morgan fingerprint density at radius 2 is 1.94 bits per heavy atom. The van der Waals surface area contributed by atoms with E-state index in [2.05, 4.69) is 0 Å². The van der Waals surface area contributed by atoms with Crippen LogP contribution >= 0.6 is 0 Å². The van der Waals surface area contributed by atoms with Gasteiger partial charge in [0.25, 0.3) is 10.1 Å². The van der Waals surface area contributed by atoms with E-state index in [9.17, 15) is 17.6 Å². The smallest absolute Gasteiger partial charge is 0.308 e. The van der Waals surface area contributed by atoms with Gasteiger partial charge in [-0.15, -0.1) is 0 Å². The highest BCUT2D eigenvalue weighted by molar-refractivity contribution is 7.86. The second-order valence-corrected chi connectivity index (χ2v) is 6.28. The summed E-state index contributed by atoms with van der Waals surface area (Å²) in [5, 5.41) is -1.50. The quantitative estimate of drug-likeness (QED) is 0.592. The molecule has 0 aromatic heterocycles. The molecule has 1 aliphatic carbocycles. The molecule has 0 aliphatic heterocycles. The van der Waals surface area contributed by atoms with Gasteiger partial charge in [-0.3, -0.25) is 9.35 Å². The average Bonchev–Trinajstić information content (AvgIpc) is 2.34. The van der Waals surface area contributed by atoms with Crippen LogP contribution in [0.2, 0.25) is 0 Å². The Balaban J connectivity index is 2.30. The molecule has 1 rings (SSSR count). The highest BCUT2D eigenvalue weighted by Gasteiger charge is 2.25. The van der Waals surface area contributed by atoms with Gasteiger partial charge in [-0.2, -0.15) is 8.42 Å². The van der Waals surface area contributed by atoms with Crippen LogP contribution in [0.3, 0.4) is 0 Å². The number of rotatable bonds is 6. The lowest BCUT2D eigenvalue weighted by Crippen LogP contribution is -2.26. The van der Waals surface area contributed by atoms with E-state index in [-0.39, 0.29) is 24.9 Å². The molecule has 18 heavy (non-hydrogen) atoms. The summed E-state index contributed by atoms with van der Waals surface area (Å²) in [7, 11) is -4.40. The number of hydrogen-bond acceptors (Lipinski definition) is 4. The number of ether oxygens (including phenoxy) is 1. The maximum absolute atomic E-state index is 12.4. The summed E-state index contributed by atoms with van der Waals surface area (Å²) in [6, 6.07) is 0. The summed E-state index contributed by atoms with van der Waals surface area (Å²) in [6.45, 7) is -1.36. The first-order valence-electron chi connectivity index (χ1n) is 6.14. The Hall–Kier alpha value is -0.690. The van der Waals surface area contributed by atoms with Crippen molar-refractivity contribution in [2.24, 2.45) is 5.92 Å². The van der Waals surface area contributed by atoms with E-state index >= 15 is 0 Å². The fraction of sp³-hybridized carbons (Fsp3) is 0.909. The van der Waals surface area contributed by atoms with Crippen molar-refractivity contribution in [3.05, 3.63) is 0 Å². The summed E-state index contributed by atoms with van der Waals surface area (Å²) in [6.07, 6.45) is 4.49. The van der Waals surface area contributed by atoms with Gasteiger partial charge in [-0.05, 0) is 12.8 Å². The van der Waals surface area contributed by atoms with Crippen LogP contribution in [0.25, 0.3) is 0 Å². The van der Waals surface area contributed by atoms with Crippen LogP contribution in [-0.4, -0.2) is 37.5 Å². The number of halogens is 1. The van der Waals surface area contributed by atoms with Gasteiger partial charge >= 0.3 is 5.97 Å². The summed E-state index contributed by atoms with van der Waals surface area (Å²) in [5.41, 5.74) is 0. The van der Waals surface area contributed by atoms with Crippen LogP contribution in [-0.2, 0) is 19.6 Å². The summed E-state index contributed by atoms with van der Waals surface area (Å²) >= 11 is 0. The summed E-state index contributed by atoms with van der Waals surface area (Å²) in [4.78, 5) is 11.6. The molecule has 1 unspecified atom stereocenters. The lowest BCUT2D eigenvalue weighted by atomic mass is 9.89. The Labute approximate surface area is 106 Å². The molecule has 0 heterocycles. The second kappa shape index (κ2) is 7.04. The minimum absolute atomic E-state index is 0.117. The minimum Gasteiger partial charge on any atom is -0.465 e. The zero-order chi connectivity index (χ0) is 13.6. The number of carbonyl (C=O) groups excluding carboxylic acids is 1. The summed E-state index contributed by atoms with van der Waals surface area (Å²) in [5.74, 6) is -0.462. The van der Waals surface area contributed by atoms with Gasteiger partial charge in [-0.1, -0.05) is 19.3 Å². The molecule has 0 radical (unpaired) electrons. The zero-order valence-electron chi connectivity index (χ0n) is 10.2. The SMILES string of the molecule is O=C(OCCC(CF)S(=O)(=O)O)C1CCCCC1. The molecule has 0 aromatic carbocycles. The standard InChI is InChI=1S/C11H19FO5S/c12-8-10(18(14,15)16)6-7-17-11(13)9-4-2-1-3-5-9/h9-10H,1-8H2,(H,14,15,16). The molecular formula is C11H19FO5S. The molecule has 1 aliphatic rings. The molecule has 1 N–H and O–H groups in total. The van der Waals surface area contributed by atoms with Crippen molar-refractivity contribution < 1.29 is 26.9 Å². The van der Waals surface area contributed by atoms with E-state index in [4.69, 9.17) is 9.29 Å². The largest absolute Gasteiger partial charge is 0.465 e. The van der Waals surface area contributed by atoms with Crippen LogP contribution in [0.15, 0.2) is 0 Å². The van der Waals surface area contributed by atoms with Gasteiger partial charge in [0.05, 0.1) is 12.5 Å². The topological polar surface area (TPSA) is 80.7 Å². The third-order valence-corrected chi connectivity index (χ3v) is 4.42. The molecule has 0 aromatic rings. The molecule has 1 saturated carbocycles. The molecule has 7 heteroatoms. The summed E-state index contributed by atoms with van der Waals surface area (Å²) < 4.78 is 47.4. The van der Waals surface area contributed by atoms with Gasteiger partial charge in [-0.25, -0.2) is 4.39 Å². The lowest BCUT2D eigenvalue weighted by Gasteiger charge is -2.20. The van der Waals surface area contributed by atoms with Crippen molar-refractivity contribution in [3.8, 4) is 0 Å². The number of esters is 1. The van der Waals surface area contributed by atoms with Gasteiger partial charge in [0, 0.05) is 6.42 Å². The van der Waals surface area contributed by atoms with Crippen LogP contribution in [0.1, 0.15) is 38.5 Å². The van der Waals surface area contributed by atoms with Gasteiger partial charge in [0.15, 0.2) is 0 Å².